The van der Waals surface area contributed by atoms with Crippen molar-refractivity contribution in [2.75, 3.05) is 26.6 Å². The van der Waals surface area contributed by atoms with Gasteiger partial charge in [-0.15, -0.1) is 0 Å². The number of methoxy groups -OCH3 is 3. The molecule has 184 valence electrons. The first kappa shape index (κ1) is 23.1. The molecule has 2 aromatic carbocycles. The van der Waals surface area contributed by atoms with Crippen LogP contribution in [0.15, 0.2) is 42.6 Å². The lowest BCUT2D eigenvalue weighted by molar-refractivity contribution is -0.116. The Morgan fingerprint density at radius 1 is 0.971 bits per heavy atom. The highest BCUT2D eigenvalue weighted by atomic mass is 16.5. The van der Waals surface area contributed by atoms with E-state index in [0.29, 0.717) is 30.3 Å². The molecular formula is C27H31N3O5. The highest BCUT2D eigenvalue weighted by molar-refractivity contribution is 5.94. The molecule has 35 heavy (non-hydrogen) atoms. The maximum absolute atomic E-state index is 12.7. The van der Waals surface area contributed by atoms with E-state index in [4.69, 9.17) is 18.9 Å². The Morgan fingerprint density at radius 2 is 1.77 bits per heavy atom. The third kappa shape index (κ3) is 4.65. The van der Waals surface area contributed by atoms with Crippen molar-refractivity contribution in [1.82, 2.24) is 9.78 Å². The number of fused-ring (bicyclic) bond motifs is 1. The molecule has 3 aromatic rings. The van der Waals surface area contributed by atoms with Crippen LogP contribution in [0, 0.1) is 0 Å². The van der Waals surface area contributed by atoms with E-state index in [2.05, 4.69) is 10.4 Å². The van der Waals surface area contributed by atoms with E-state index in [0.717, 1.165) is 41.0 Å². The highest BCUT2D eigenvalue weighted by Gasteiger charge is 2.31. The van der Waals surface area contributed by atoms with Crippen LogP contribution < -0.4 is 24.3 Å². The summed E-state index contributed by atoms with van der Waals surface area (Å²) in [7, 11) is 4.90. The van der Waals surface area contributed by atoms with Gasteiger partial charge in [-0.25, -0.2) is 4.68 Å². The summed E-state index contributed by atoms with van der Waals surface area (Å²) in [5, 5.41) is 7.63. The van der Waals surface area contributed by atoms with Gasteiger partial charge in [-0.3, -0.25) is 4.79 Å². The number of carbonyl (C=O) groups is 1. The molecule has 8 heteroatoms. The second kappa shape index (κ2) is 9.90. The van der Waals surface area contributed by atoms with E-state index >= 15 is 0 Å². The van der Waals surface area contributed by atoms with Crippen LogP contribution in [0.3, 0.4) is 0 Å². The summed E-state index contributed by atoms with van der Waals surface area (Å²) in [5.41, 5.74) is 2.91. The predicted molar refractivity (Wildman–Crippen MR) is 132 cm³/mol. The fourth-order valence-corrected chi connectivity index (χ4v) is 5.02. The van der Waals surface area contributed by atoms with E-state index in [-0.39, 0.29) is 17.9 Å². The molecule has 2 heterocycles. The monoisotopic (exact) mass is 477 g/mol. The number of aromatic nitrogens is 2. The summed E-state index contributed by atoms with van der Waals surface area (Å²) in [5.74, 6) is 3.40. The first-order chi connectivity index (χ1) is 17.1. The largest absolute Gasteiger partial charge is 0.497 e. The topological polar surface area (TPSA) is 83.8 Å². The van der Waals surface area contributed by atoms with Crippen LogP contribution in [-0.4, -0.2) is 43.1 Å². The van der Waals surface area contributed by atoms with Gasteiger partial charge in [0.25, 0.3) is 0 Å². The Labute approximate surface area is 205 Å². The molecule has 1 atom stereocenters. The summed E-state index contributed by atoms with van der Waals surface area (Å²) in [6.07, 6.45) is 7.00. The van der Waals surface area contributed by atoms with Crippen molar-refractivity contribution >= 4 is 11.7 Å². The smallest absolute Gasteiger partial charge is 0.226 e. The number of nitrogens with zero attached hydrogens (tertiary/aromatic N) is 2. The van der Waals surface area contributed by atoms with Crippen molar-refractivity contribution in [3.8, 4) is 23.0 Å². The molecule has 2 aliphatic rings. The fraction of sp³-hybridized carbons (Fsp3) is 0.407. The molecule has 1 N–H and O–H groups in total. The Hall–Kier alpha value is -3.68. The van der Waals surface area contributed by atoms with Gasteiger partial charge in [-0.05, 0) is 55.5 Å². The maximum Gasteiger partial charge on any atom is 0.226 e. The first-order valence-electron chi connectivity index (χ1n) is 12.0. The molecule has 8 nitrogen and oxygen atoms in total. The number of ether oxygens (including phenoxy) is 4. The minimum absolute atomic E-state index is 0.0452. The number of rotatable bonds is 8. The van der Waals surface area contributed by atoms with Crippen LogP contribution in [0.2, 0.25) is 0 Å². The lowest BCUT2D eigenvalue weighted by atomic mass is 9.87. The van der Waals surface area contributed by atoms with E-state index in [1.807, 2.05) is 42.6 Å². The van der Waals surface area contributed by atoms with Gasteiger partial charge in [-0.2, -0.15) is 5.10 Å². The Kier molecular flexibility index (Phi) is 6.53. The summed E-state index contributed by atoms with van der Waals surface area (Å²) in [4.78, 5) is 12.7. The number of carbonyl (C=O) groups excluding carboxylic acids is 1. The molecule has 1 amide bonds. The number of hydrogen-bond donors (Lipinski definition) is 1. The Bertz CT molecular complexity index is 1220. The summed E-state index contributed by atoms with van der Waals surface area (Å²) in [6.45, 7) is 0.451. The van der Waals surface area contributed by atoms with Crippen LogP contribution in [0.25, 0.3) is 0 Å². The average molecular weight is 478 g/mol. The predicted octanol–water partition coefficient (Wildman–Crippen LogP) is 4.75. The van der Waals surface area contributed by atoms with Gasteiger partial charge in [0.15, 0.2) is 11.5 Å². The number of nitrogens with one attached hydrogen (secondary N) is 1. The molecule has 0 bridgehead atoms. The zero-order chi connectivity index (χ0) is 24.4. The lowest BCUT2D eigenvalue weighted by Gasteiger charge is -2.25. The third-order valence-corrected chi connectivity index (χ3v) is 6.89. The molecule has 0 spiro atoms. The van der Waals surface area contributed by atoms with Crippen LogP contribution >= 0.6 is 0 Å². The Balaban J connectivity index is 1.43. The van der Waals surface area contributed by atoms with Crippen molar-refractivity contribution < 1.29 is 23.7 Å². The number of amides is 1. The van der Waals surface area contributed by atoms with Crippen LogP contribution in [0.5, 0.6) is 23.0 Å². The molecule has 1 unspecified atom stereocenters. The first-order valence-corrected chi connectivity index (χ1v) is 12.0. The molecule has 1 aliphatic heterocycles. The van der Waals surface area contributed by atoms with Crippen LogP contribution in [0.4, 0.5) is 5.82 Å². The summed E-state index contributed by atoms with van der Waals surface area (Å²) >= 11 is 0. The molecule has 1 fully saturated rings. The third-order valence-electron chi connectivity index (χ3n) is 6.89. The van der Waals surface area contributed by atoms with Crippen LogP contribution in [0.1, 0.15) is 54.7 Å². The van der Waals surface area contributed by atoms with E-state index in [1.165, 1.54) is 12.8 Å². The molecule has 1 saturated carbocycles. The number of benzene rings is 2. The van der Waals surface area contributed by atoms with E-state index in [9.17, 15) is 4.79 Å². The fourth-order valence-electron chi connectivity index (χ4n) is 5.02. The minimum atomic E-state index is -0.125. The quantitative estimate of drug-likeness (QED) is 0.504. The van der Waals surface area contributed by atoms with Gasteiger partial charge in [0.1, 0.15) is 17.3 Å². The number of hydrogen-bond acceptors (Lipinski definition) is 6. The van der Waals surface area contributed by atoms with Crippen molar-refractivity contribution in [3.05, 3.63) is 59.3 Å². The van der Waals surface area contributed by atoms with E-state index in [1.54, 1.807) is 26.0 Å². The zero-order valence-electron chi connectivity index (χ0n) is 20.4. The summed E-state index contributed by atoms with van der Waals surface area (Å²) in [6, 6.07) is 11.7. The molecule has 0 radical (unpaired) electrons. The number of anilines is 1. The molecule has 0 saturated heterocycles. The van der Waals surface area contributed by atoms with Gasteiger partial charge in [0.2, 0.25) is 5.91 Å². The maximum atomic E-state index is 12.7. The van der Waals surface area contributed by atoms with Gasteiger partial charge in [0, 0.05) is 29.5 Å². The van der Waals surface area contributed by atoms with Gasteiger partial charge in [-0.1, -0.05) is 6.07 Å². The lowest BCUT2D eigenvalue weighted by Crippen LogP contribution is -2.25. The van der Waals surface area contributed by atoms with Gasteiger partial charge >= 0.3 is 0 Å². The van der Waals surface area contributed by atoms with Gasteiger partial charge in [0.05, 0.1) is 40.2 Å². The molecule has 1 aromatic heterocycles. The van der Waals surface area contributed by atoms with Crippen molar-refractivity contribution in [3.63, 3.8) is 0 Å². The minimum Gasteiger partial charge on any atom is -0.497 e. The SMILES string of the molecule is COc1ccc(Cn2ncc3c2NC(=O)CC3c2ccc(OC3CCCC3)c(OC)c2)c(OC)c1. The zero-order valence-corrected chi connectivity index (χ0v) is 20.4. The summed E-state index contributed by atoms with van der Waals surface area (Å²) < 4.78 is 24.5. The van der Waals surface area contributed by atoms with Crippen molar-refractivity contribution in [1.29, 1.82) is 0 Å². The average Bonchev–Trinajstić information content (AvgIpc) is 3.54. The normalized spacial score (nSPS) is 17.6. The molecule has 5 rings (SSSR count). The van der Waals surface area contributed by atoms with E-state index < -0.39 is 0 Å². The Morgan fingerprint density at radius 3 is 2.51 bits per heavy atom. The molecular weight excluding hydrogens is 446 g/mol. The van der Waals surface area contributed by atoms with Crippen LogP contribution in [-0.2, 0) is 11.3 Å². The standard InChI is InChI=1S/C27H31N3O5/c1-32-20-10-8-18(24(13-20)33-2)16-30-27-22(15-28-30)21(14-26(31)29-27)17-9-11-23(25(12-17)34-3)35-19-6-4-5-7-19/h8-13,15,19,21H,4-7,14,16H2,1-3H3,(H,29,31). The second-order valence-corrected chi connectivity index (χ2v) is 9.02. The van der Waals surface area contributed by atoms with Crippen molar-refractivity contribution in [2.24, 2.45) is 0 Å². The van der Waals surface area contributed by atoms with Crippen molar-refractivity contribution in [2.45, 2.75) is 50.7 Å². The highest BCUT2D eigenvalue weighted by Crippen LogP contribution is 2.41. The second-order valence-electron chi connectivity index (χ2n) is 9.02. The van der Waals surface area contributed by atoms with Gasteiger partial charge < -0.3 is 24.3 Å². The molecule has 1 aliphatic carbocycles.